The van der Waals surface area contributed by atoms with Gasteiger partial charge in [0.2, 0.25) is 5.91 Å². The van der Waals surface area contributed by atoms with Gasteiger partial charge in [0, 0.05) is 23.3 Å². The number of nitrogens with zero attached hydrogens (tertiary/aromatic N) is 3. The molecule has 0 spiro atoms. The molecule has 1 amide bonds. The number of hydrogen-bond donors (Lipinski definition) is 0. The first kappa shape index (κ1) is 18.0. The summed E-state index contributed by atoms with van der Waals surface area (Å²) in [5.41, 5.74) is 2.58. The van der Waals surface area contributed by atoms with E-state index in [1.54, 1.807) is 12.1 Å². The second kappa shape index (κ2) is 7.63. The van der Waals surface area contributed by atoms with E-state index in [-0.39, 0.29) is 18.5 Å². The molecule has 1 atom stereocenters. The summed E-state index contributed by atoms with van der Waals surface area (Å²) in [5.74, 6) is 0.0434. The number of hydrogen-bond acceptors (Lipinski definition) is 2. The van der Waals surface area contributed by atoms with E-state index in [0.717, 1.165) is 16.5 Å². The molecule has 1 aromatic heterocycles. The number of amides is 1. The van der Waals surface area contributed by atoms with Gasteiger partial charge in [-0.15, -0.1) is 0 Å². The van der Waals surface area contributed by atoms with Crippen LogP contribution in [-0.4, -0.2) is 21.9 Å². The second-order valence-electron chi connectivity index (χ2n) is 6.24. The van der Waals surface area contributed by atoms with E-state index in [9.17, 15) is 4.79 Å². The highest BCUT2D eigenvalue weighted by molar-refractivity contribution is 6.31. The van der Waals surface area contributed by atoms with Gasteiger partial charge in [0.1, 0.15) is 6.54 Å². The molecule has 1 heterocycles. The van der Waals surface area contributed by atoms with Crippen LogP contribution in [-0.2, 0) is 11.3 Å². The van der Waals surface area contributed by atoms with Gasteiger partial charge in [-0.05, 0) is 55.1 Å². The Morgan fingerprint density at radius 3 is 2.62 bits per heavy atom. The highest BCUT2D eigenvalue weighted by Gasteiger charge is 2.20. The predicted octanol–water partition coefficient (Wildman–Crippen LogP) is 4.78. The van der Waals surface area contributed by atoms with E-state index >= 15 is 0 Å². The van der Waals surface area contributed by atoms with Gasteiger partial charge < -0.3 is 9.47 Å². The largest absolute Gasteiger partial charge is 0.338 e. The van der Waals surface area contributed by atoms with Gasteiger partial charge in [0.25, 0.3) is 0 Å². The van der Waals surface area contributed by atoms with Crippen LogP contribution in [0.4, 0.5) is 0 Å². The minimum Gasteiger partial charge on any atom is -0.338 e. The summed E-state index contributed by atoms with van der Waals surface area (Å²) in [6.45, 7) is 4.86. The Morgan fingerprint density at radius 2 is 1.96 bits per heavy atom. The number of halogens is 1. The predicted molar refractivity (Wildman–Crippen MR) is 104 cm³/mol. The standard InChI is InChI=1S/C21H20ClN3O/c1-3-25(15(2)17-6-4-16(13-23)5-7-17)21(26)14-24-11-10-18-8-9-19(22)12-20(18)24/h4-12,15H,3,14H2,1-2H3. The summed E-state index contributed by atoms with van der Waals surface area (Å²) >= 11 is 6.10. The van der Waals surface area contributed by atoms with Crippen molar-refractivity contribution in [1.29, 1.82) is 5.26 Å². The number of rotatable bonds is 5. The molecule has 26 heavy (non-hydrogen) atoms. The number of nitriles is 1. The van der Waals surface area contributed by atoms with Crippen molar-refractivity contribution in [3.8, 4) is 6.07 Å². The molecule has 0 aliphatic rings. The first-order valence-electron chi connectivity index (χ1n) is 8.57. The van der Waals surface area contributed by atoms with Crippen molar-refractivity contribution in [2.24, 2.45) is 0 Å². The van der Waals surface area contributed by atoms with Crippen molar-refractivity contribution in [2.75, 3.05) is 6.54 Å². The molecule has 132 valence electrons. The molecule has 0 aliphatic carbocycles. The fraction of sp³-hybridized carbons (Fsp3) is 0.238. The van der Waals surface area contributed by atoms with E-state index in [1.165, 1.54) is 0 Å². The number of benzene rings is 2. The summed E-state index contributed by atoms with van der Waals surface area (Å²) in [6.07, 6.45) is 1.92. The summed E-state index contributed by atoms with van der Waals surface area (Å²) in [7, 11) is 0. The monoisotopic (exact) mass is 365 g/mol. The number of aromatic nitrogens is 1. The lowest BCUT2D eigenvalue weighted by atomic mass is 10.0. The number of likely N-dealkylation sites (N-methyl/N-ethyl adjacent to an activating group) is 1. The average molecular weight is 366 g/mol. The molecular formula is C21H20ClN3O. The van der Waals surface area contributed by atoms with Crippen LogP contribution >= 0.6 is 11.6 Å². The molecule has 0 radical (unpaired) electrons. The van der Waals surface area contributed by atoms with Crippen molar-refractivity contribution in [3.05, 3.63) is 70.9 Å². The van der Waals surface area contributed by atoms with Crippen LogP contribution in [0.1, 0.15) is 31.0 Å². The maximum atomic E-state index is 12.9. The van der Waals surface area contributed by atoms with E-state index in [1.807, 2.05) is 65.9 Å². The van der Waals surface area contributed by atoms with Crippen LogP contribution in [0.5, 0.6) is 0 Å². The molecule has 0 saturated heterocycles. The van der Waals surface area contributed by atoms with Gasteiger partial charge in [-0.2, -0.15) is 5.26 Å². The number of carbonyl (C=O) groups excluding carboxylic acids is 1. The summed E-state index contributed by atoms with van der Waals surface area (Å²) in [5, 5.41) is 10.7. The van der Waals surface area contributed by atoms with Crippen molar-refractivity contribution in [1.82, 2.24) is 9.47 Å². The van der Waals surface area contributed by atoms with Gasteiger partial charge in [0.05, 0.1) is 17.7 Å². The van der Waals surface area contributed by atoms with E-state index in [4.69, 9.17) is 16.9 Å². The molecule has 5 heteroatoms. The normalized spacial score (nSPS) is 11.9. The smallest absolute Gasteiger partial charge is 0.243 e. The van der Waals surface area contributed by atoms with Crippen LogP contribution in [0.15, 0.2) is 54.7 Å². The number of fused-ring (bicyclic) bond motifs is 1. The molecule has 4 nitrogen and oxygen atoms in total. The molecule has 0 fully saturated rings. The summed E-state index contributed by atoms with van der Waals surface area (Å²) in [6, 6.07) is 17.1. The third-order valence-corrected chi connectivity index (χ3v) is 4.93. The molecular weight excluding hydrogens is 346 g/mol. The fourth-order valence-electron chi connectivity index (χ4n) is 3.21. The quantitative estimate of drug-likeness (QED) is 0.653. The Kier molecular flexibility index (Phi) is 5.29. The van der Waals surface area contributed by atoms with Crippen LogP contribution in [0, 0.1) is 11.3 Å². The average Bonchev–Trinajstić information content (AvgIpc) is 3.04. The van der Waals surface area contributed by atoms with E-state index < -0.39 is 0 Å². The first-order chi connectivity index (χ1) is 12.5. The highest BCUT2D eigenvalue weighted by Crippen LogP contribution is 2.23. The maximum Gasteiger partial charge on any atom is 0.243 e. The van der Waals surface area contributed by atoms with Crippen molar-refractivity contribution in [3.63, 3.8) is 0 Å². The number of carbonyl (C=O) groups is 1. The van der Waals surface area contributed by atoms with Gasteiger partial charge in [-0.25, -0.2) is 0 Å². The first-order valence-corrected chi connectivity index (χ1v) is 8.95. The Morgan fingerprint density at radius 1 is 1.23 bits per heavy atom. The van der Waals surface area contributed by atoms with Gasteiger partial charge in [-0.1, -0.05) is 29.8 Å². The molecule has 0 bridgehead atoms. The lowest BCUT2D eigenvalue weighted by Crippen LogP contribution is -2.35. The zero-order chi connectivity index (χ0) is 18.7. The molecule has 0 N–H and O–H groups in total. The van der Waals surface area contributed by atoms with Crippen LogP contribution in [0.2, 0.25) is 5.02 Å². The van der Waals surface area contributed by atoms with Crippen LogP contribution in [0.3, 0.4) is 0 Å². The molecule has 0 saturated carbocycles. The third-order valence-electron chi connectivity index (χ3n) is 4.69. The Balaban J connectivity index is 1.81. The zero-order valence-corrected chi connectivity index (χ0v) is 15.6. The fourth-order valence-corrected chi connectivity index (χ4v) is 3.38. The highest BCUT2D eigenvalue weighted by atomic mass is 35.5. The van der Waals surface area contributed by atoms with Crippen LogP contribution in [0.25, 0.3) is 10.9 Å². The topological polar surface area (TPSA) is 49.0 Å². The van der Waals surface area contributed by atoms with Crippen LogP contribution < -0.4 is 0 Å². The maximum absolute atomic E-state index is 12.9. The minimum absolute atomic E-state index is 0.0434. The second-order valence-corrected chi connectivity index (χ2v) is 6.67. The van der Waals surface area contributed by atoms with Crippen molar-refractivity contribution < 1.29 is 4.79 Å². The van der Waals surface area contributed by atoms with E-state index in [0.29, 0.717) is 17.1 Å². The molecule has 3 rings (SSSR count). The molecule has 3 aromatic rings. The van der Waals surface area contributed by atoms with E-state index in [2.05, 4.69) is 6.07 Å². The Bertz CT molecular complexity index is 969. The van der Waals surface area contributed by atoms with Gasteiger partial charge in [0.15, 0.2) is 0 Å². The molecule has 2 aromatic carbocycles. The van der Waals surface area contributed by atoms with Gasteiger partial charge >= 0.3 is 0 Å². The van der Waals surface area contributed by atoms with Crippen molar-refractivity contribution >= 4 is 28.4 Å². The summed E-state index contributed by atoms with van der Waals surface area (Å²) < 4.78 is 1.93. The Labute approximate surface area is 158 Å². The van der Waals surface area contributed by atoms with Crippen molar-refractivity contribution in [2.45, 2.75) is 26.4 Å². The Hall–Kier alpha value is -2.77. The van der Waals surface area contributed by atoms with Gasteiger partial charge in [-0.3, -0.25) is 4.79 Å². The molecule has 1 unspecified atom stereocenters. The minimum atomic E-state index is -0.0642. The zero-order valence-electron chi connectivity index (χ0n) is 14.8. The SMILES string of the molecule is CCN(C(=O)Cn1ccc2ccc(Cl)cc21)C(C)c1ccc(C#N)cc1. The lowest BCUT2D eigenvalue weighted by Gasteiger charge is -2.29. The molecule has 0 aliphatic heterocycles. The summed E-state index contributed by atoms with van der Waals surface area (Å²) in [4.78, 5) is 14.8. The lowest BCUT2D eigenvalue weighted by molar-refractivity contribution is -0.133. The third kappa shape index (κ3) is 3.58.